The molecule has 0 amide bonds. The van der Waals surface area contributed by atoms with Crippen molar-refractivity contribution < 1.29 is 28.6 Å². The van der Waals surface area contributed by atoms with Crippen LogP contribution in [0.4, 0.5) is 0 Å². The monoisotopic (exact) mass is 1160 g/mol. The van der Waals surface area contributed by atoms with Crippen molar-refractivity contribution in [3.8, 4) is 0 Å². The summed E-state index contributed by atoms with van der Waals surface area (Å²) in [6.07, 6.45) is 92.7. The summed E-state index contributed by atoms with van der Waals surface area (Å²) in [5.74, 6) is -0.857. The van der Waals surface area contributed by atoms with Gasteiger partial charge in [-0.1, -0.05) is 358 Å². The van der Waals surface area contributed by atoms with Crippen LogP contribution in [0.1, 0.15) is 393 Å². The second-order valence-corrected chi connectivity index (χ2v) is 24.8. The molecule has 0 spiro atoms. The van der Waals surface area contributed by atoms with Crippen molar-refractivity contribution in [1.29, 1.82) is 0 Å². The second kappa shape index (κ2) is 71.6. The summed E-state index contributed by atoms with van der Waals surface area (Å²) >= 11 is 0. The Labute approximate surface area is 517 Å². The van der Waals surface area contributed by atoms with E-state index < -0.39 is 6.10 Å². The standard InChI is InChI=1S/C77H140O6/c1-4-7-10-13-16-19-22-24-26-28-30-32-34-36-38-40-42-44-46-48-50-52-55-58-61-64-67-70-76(79)82-73-74(72-81-75(78)69-66-63-60-57-54-21-18-15-12-9-6-3)83-77(80)71-68-65-62-59-56-53-51-49-47-45-43-41-39-37-35-33-31-29-27-25-23-20-17-14-11-8-5-2/h7,10,15-16,18-19,24,26,30,32,74H,4-6,8-9,11-14,17,20-23,25,27-29,31,33-73H2,1-3H3/b10-7-,18-15-,19-16-,26-24-,32-30-. The lowest BCUT2D eigenvalue weighted by Gasteiger charge is -2.18. The lowest BCUT2D eigenvalue weighted by Crippen LogP contribution is -2.30. The molecule has 0 fully saturated rings. The highest BCUT2D eigenvalue weighted by molar-refractivity contribution is 5.71. The predicted molar refractivity (Wildman–Crippen MR) is 362 cm³/mol. The summed E-state index contributed by atoms with van der Waals surface area (Å²) in [5, 5.41) is 0. The van der Waals surface area contributed by atoms with Gasteiger partial charge in [0.05, 0.1) is 0 Å². The van der Waals surface area contributed by atoms with Gasteiger partial charge in [-0.15, -0.1) is 0 Å². The molecular formula is C77H140O6. The molecule has 0 aromatic rings. The summed E-state index contributed by atoms with van der Waals surface area (Å²) in [5.41, 5.74) is 0. The summed E-state index contributed by atoms with van der Waals surface area (Å²) in [4.78, 5) is 38.4. The molecule has 0 aliphatic heterocycles. The largest absolute Gasteiger partial charge is 0.462 e. The van der Waals surface area contributed by atoms with Crippen molar-refractivity contribution in [2.75, 3.05) is 13.2 Å². The van der Waals surface area contributed by atoms with Gasteiger partial charge in [0, 0.05) is 19.3 Å². The van der Waals surface area contributed by atoms with E-state index in [2.05, 4.69) is 81.5 Å². The van der Waals surface area contributed by atoms with E-state index in [9.17, 15) is 14.4 Å². The maximum atomic E-state index is 13.0. The minimum atomic E-state index is -0.776. The molecule has 1 atom stereocenters. The number of esters is 3. The average molecular weight is 1160 g/mol. The van der Waals surface area contributed by atoms with E-state index in [0.717, 1.165) is 89.9 Å². The minimum Gasteiger partial charge on any atom is -0.462 e. The molecule has 6 nitrogen and oxygen atoms in total. The van der Waals surface area contributed by atoms with Gasteiger partial charge < -0.3 is 14.2 Å². The second-order valence-electron chi connectivity index (χ2n) is 24.8. The molecular weight excluding hydrogens is 1020 g/mol. The first-order valence-corrected chi connectivity index (χ1v) is 36.8. The van der Waals surface area contributed by atoms with Crippen molar-refractivity contribution in [3.63, 3.8) is 0 Å². The predicted octanol–water partition coefficient (Wildman–Crippen LogP) is 25.5. The first-order valence-electron chi connectivity index (χ1n) is 36.8. The molecule has 0 saturated carbocycles. The molecule has 6 heteroatoms. The van der Waals surface area contributed by atoms with Crippen molar-refractivity contribution in [2.24, 2.45) is 0 Å². The van der Waals surface area contributed by atoms with E-state index in [0.29, 0.717) is 19.3 Å². The number of unbranched alkanes of at least 4 members (excludes halogenated alkanes) is 47. The number of carbonyl (C=O) groups excluding carboxylic acids is 3. The van der Waals surface area contributed by atoms with Crippen molar-refractivity contribution in [3.05, 3.63) is 60.8 Å². The number of carbonyl (C=O) groups is 3. The van der Waals surface area contributed by atoms with E-state index in [1.807, 2.05) is 0 Å². The molecule has 0 aromatic heterocycles. The molecule has 0 heterocycles. The van der Waals surface area contributed by atoms with E-state index in [1.165, 1.54) is 263 Å². The van der Waals surface area contributed by atoms with Crippen LogP contribution < -0.4 is 0 Å². The number of ether oxygens (including phenoxy) is 3. The maximum Gasteiger partial charge on any atom is 0.306 e. The van der Waals surface area contributed by atoms with Gasteiger partial charge in [-0.3, -0.25) is 14.4 Å². The molecule has 0 aromatic carbocycles. The molecule has 1 unspecified atom stereocenters. The fourth-order valence-electron chi connectivity index (χ4n) is 11.0. The molecule has 0 aliphatic carbocycles. The quantitative estimate of drug-likeness (QED) is 0.0261. The Bertz CT molecular complexity index is 1470. The van der Waals surface area contributed by atoms with E-state index in [4.69, 9.17) is 14.2 Å². The zero-order valence-corrected chi connectivity index (χ0v) is 55.7. The first-order chi connectivity index (χ1) is 41.0. The Morgan fingerprint density at radius 1 is 0.253 bits per heavy atom. The van der Waals surface area contributed by atoms with Crippen LogP contribution >= 0.6 is 0 Å². The SMILES string of the molecule is CC/C=C\C/C=C\C/C=C\C/C=C\CCCCCCCCCCCCCCCCC(=O)OCC(COC(=O)CCCCCCC/C=C\CCCC)OC(=O)CCCCCCCCCCCCCCCCCCCCCCCCCCCCC. The minimum absolute atomic E-state index is 0.0725. The van der Waals surface area contributed by atoms with Crippen LogP contribution in [0.3, 0.4) is 0 Å². The number of rotatable bonds is 68. The molecule has 0 rings (SSSR count). The number of hydrogen-bond acceptors (Lipinski definition) is 6. The molecule has 0 bridgehead atoms. The third kappa shape index (κ3) is 69.8. The van der Waals surface area contributed by atoms with Crippen LogP contribution in [0.2, 0.25) is 0 Å². The Kier molecular flexibility index (Phi) is 69.1. The summed E-state index contributed by atoms with van der Waals surface area (Å²) < 4.78 is 17.0. The van der Waals surface area contributed by atoms with Gasteiger partial charge in [-0.05, 0) is 77.0 Å². The Balaban J connectivity index is 4.15. The Morgan fingerprint density at radius 3 is 0.783 bits per heavy atom. The topological polar surface area (TPSA) is 78.9 Å². The highest BCUT2D eigenvalue weighted by Crippen LogP contribution is 2.19. The molecule has 484 valence electrons. The zero-order chi connectivity index (χ0) is 59.9. The fraction of sp³-hybridized carbons (Fsp3) is 0.831. The Hall–Kier alpha value is -2.89. The highest BCUT2D eigenvalue weighted by Gasteiger charge is 2.19. The van der Waals surface area contributed by atoms with Gasteiger partial charge in [0.2, 0.25) is 0 Å². The van der Waals surface area contributed by atoms with Gasteiger partial charge in [-0.25, -0.2) is 0 Å². The molecule has 0 radical (unpaired) electrons. The number of allylic oxidation sites excluding steroid dienone is 10. The third-order valence-electron chi connectivity index (χ3n) is 16.5. The van der Waals surface area contributed by atoms with Crippen LogP contribution in [-0.2, 0) is 28.6 Å². The molecule has 0 N–H and O–H groups in total. The van der Waals surface area contributed by atoms with Crippen LogP contribution in [-0.4, -0.2) is 37.2 Å². The van der Waals surface area contributed by atoms with E-state index in [-0.39, 0.29) is 31.1 Å². The van der Waals surface area contributed by atoms with Crippen LogP contribution in [0, 0.1) is 0 Å². The van der Waals surface area contributed by atoms with Crippen molar-refractivity contribution in [1.82, 2.24) is 0 Å². The third-order valence-corrected chi connectivity index (χ3v) is 16.5. The molecule has 83 heavy (non-hydrogen) atoms. The van der Waals surface area contributed by atoms with Gasteiger partial charge in [0.25, 0.3) is 0 Å². The lowest BCUT2D eigenvalue weighted by molar-refractivity contribution is -0.167. The first kappa shape index (κ1) is 80.1. The van der Waals surface area contributed by atoms with Gasteiger partial charge in [0.1, 0.15) is 13.2 Å². The van der Waals surface area contributed by atoms with Crippen LogP contribution in [0.15, 0.2) is 60.8 Å². The zero-order valence-electron chi connectivity index (χ0n) is 55.7. The normalized spacial score (nSPS) is 12.4. The summed E-state index contributed by atoms with van der Waals surface area (Å²) in [6.45, 7) is 6.55. The molecule has 0 aliphatic rings. The average Bonchev–Trinajstić information content (AvgIpc) is 3.48. The van der Waals surface area contributed by atoms with Gasteiger partial charge in [0.15, 0.2) is 6.10 Å². The van der Waals surface area contributed by atoms with Gasteiger partial charge in [-0.2, -0.15) is 0 Å². The highest BCUT2D eigenvalue weighted by atomic mass is 16.6. The van der Waals surface area contributed by atoms with Crippen molar-refractivity contribution >= 4 is 17.9 Å². The Morgan fingerprint density at radius 2 is 0.482 bits per heavy atom. The van der Waals surface area contributed by atoms with E-state index >= 15 is 0 Å². The van der Waals surface area contributed by atoms with Crippen molar-refractivity contribution in [2.45, 2.75) is 399 Å². The van der Waals surface area contributed by atoms with Crippen LogP contribution in [0.5, 0.6) is 0 Å². The molecule has 0 saturated heterocycles. The summed E-state index contributed by atoms with van der Waals surface area (Å²) in [6, 6.07) is 0. The van der Waals surface area contributed by atoms with Gasteiger partial charge >= 0.3 is 17.9 Å². The van der Waals surface area contributed by atoms with E-state index in [1.54, 1.807) is 0 Å². The fourth-order valence-corrected chi connectivity index (χ4v) is 11.0. The smallest absolute Gasteiger partial charge is 0.306 e. The number of hydrogen-bond donors (Lipinski definition) is 0. The summed E-state index contributed by atoms with van der Waals surface area (Å²) in [7, 11) is 0. The maximum absolute atomic E-state index is 13.0. The van der Waals surface area contributed by atoms with Crippen LogP contribution in [0.25, 0.3) is 0 Å². The lowest BCUT2D eigenvalue weighted by atomic mass is 10.0.